The Hall–Kier alpha value is -0.920. The Morgan fingerprint density at radius 3 is 2.44 bits per heavy atom. The number of carboxylic acid groups (broad SMARTS) is 1. The first-order valence-corrected chi connectivity index (χ1v) is 8.11. The van der Waals surface area contributed by atoms with Crippen LogP contribution in [0.1, 0.15) is 12.0 Å². The van der Waals surface area contributed by atoms with Gasteiger partial charge in [0.25, 0.3) is 0 Å². The highest BCUT2D eigenvalue weighted by atomic mass is 32.3. The van der Waals surface area contributed by atoms with E-state index in [-0.39, 0.29) is 3.53 Å². The molecule has 0 heterocycles. The molecule has 0 aliphatic carbocycles. The minimum Gasteiger partial charge on any atom is -0.481 e. The van der Waals surface area contributed by atoms with E-state index in [0.29, 0.717) is 5.75 Å². The van der Waals surface area contributed by atoms with E-state index in [4.69, 9.17) is 17.3 Å². The van der Waals surface area contributed by atoms with Gasteiger partial charge in [0.1, 0.15) is 0 Å². The Morgan fingerprint density at radius 1 is 1.28 bits per heavy atom. The number of aliphatic carboxylic acids is 1. The van der Waals surface area contributed by atoms with Crippen molar-refractivity contribution in [1.82, 2.24) is 0 Å². The lowest BCUT2D eigenvalue weighted by atomic mass is 10.2. The van der Waals surface area contributed by atoms with Crippen molar-refractivity contribution in [3.63, 3.8) is 0 Å². The number of carbonyl (C=O) groups is 1. The fourth-order valence-electron chi connectivity index (χ4n) is 1.11. The zero-order valence-corrected chi connectivity index (χ0v) is 11.9. The van der Waals surface area contributed by atoms with Crippen LogP contribution >= 0.6 is 24.0 Å². The maximum absolute atomic E-state index is 11.6. The highest BCUT2D eigenvalue weighted by Crippen LogP contribution is 2.18. The van der Waals surface area contributed by atoms with Gasteiger partial charge in [0.05, 0.1) is 12.2 Å². The average Bonchev–Trinajstić information content (AvgIpc) is 2.35. The van der Waals surface area contributed by atoms with Crippen molar-refractivity contribution in [3.05, 3.63) is 35.9 Å². The molecule has 7 heteroatoms. The van der Waals surface area contributed by atoms with E-state index in [1.165, 1.54) is 0 Å². The first-order valence-electron chi connectivity index (χ1n) is 5.07. The molecular weight excluding hydrogens is 292 g/mol. The smallest absolute Gasteiger partial charge is 0.304 e. The van der Waals surface area contributed by atoms with Crippen molar-refractivity contribution >= 4 is 43.3 Å². The molecule has 98 valence electrons. The van der Waals surface area contributed by atoms with Gasteiger partial charge in [-0.25, -0.2) is 8.42 Å². The molecule has 0 unspecified atom stereocenters. The molecule has 18 heavy (non-hydrogen) atoms. The third kappa shape index (κ3) is 5.16. The summed E-state index contributed by atoms with van der Waals surface area (Å²) in [5, 5.41) is 8.45. The fraction of sp³-hybridized carbons (Fsp3) is 0.273. The number of hydrogen-bond donors (Lipinski definition) is 1. The van der Waals surface area contributed by atoms with Crippen molar-refractivity contribution < 1.29 is 18.3 Å². The predicted molar refractivity (Wildman–Crippen MR) is 76.4 cm³/mol. The Balaban J connectivity index is 2.52. The van der Waals surface area contributed by atoms with Gasteiger partial charge in [-0.3, -0.25) is 4.79 Å². The summed E-state index contributed by atoms with van der Waals surface area (Å²) in [6.07, 6.45) is -0.422. The maximum Gasteiger partial charge on any atom is 0.304 e. The van der Waals surface area contributed by atoms with Crippen molar-refractivity contribution in [3.8, 4) is 0 Å². The van der Waals surface area contributed by atoms with E-state index < -0.39 is 28.0 Å². The van der Waals surface area contributed by atoms with Crippen LogP contribution in [0, 0.1) is 0 Å². The molecule has 0 radical (unpaired) electrons. The molecule has 0 spiro atoms. The summed E-state index contributed by atoms with van der Waals surface area (Å²) in [5.74, 6) is -1.12. The van der Waals surface area contributed by atoms with E-state index >= 15 is 0 Å². The summed E-state index contributed by atoms with van der Waals surface area (Å²) >= 11 is 5.86. The molecule has 0 aromatic heterocycles. The molecule has 1 aromatic carbocycles. The fourth-order valence-corrected chi connectivity index (χ4v) is 3.77. The molecule has 0 bridgehead atoms. The van der Waals surface area contributed by atoms with Crippen LogP contribution in [-0.2, 0) is 20.4 Å². The third-order valence-electron chi connectivity index (χ3n) is 2.04. The molecule has 0 saturated heterocycles. The molecule has 1 N–H and O–H groups in total. The lowest BCUT2D eigenvalue weighted by Crippen LogP contribution is -2.16. The zero-order valence-electron chi connectivity index (χ0n) is 9.40. The van der Waals surface area contributed by atoms with Crippen molar-refractivity contribution in [2.24, 2.45) is 0 Å². The second kappa shape index (κ2) is 6.86. The van der Waals surface area contributed by atoms with E-state index in [9.17, 15) is 13.2 Å². The van der Waals surface area contributed by atoms with Gasteiger partial charge in [0, 0.05) is 5.75 Å². The summed E-state index contributed by atoms with van der Waals surface area (Å²) < 4.78 is 23.1. The van der Waals surface area contributed by atoms with E-state index in [0.717, 1.165) is 17.3 Å². The SMILES string of the molecule is O=C(O)CCS(=O)(=O)C(=S)SCc1ccccc1. The molecule has 0 fully saturated rings. The molecule has 0 amide bonds. The molecular formula is C11H12O4S3. The van der Waals surface area contributed by atoms with Crippen LogP contribution in [-0.4, -0.2) is 28.8 Å². The molecule has 0 aliphatic heterocycles. The van der Waals surface area contributed by atoms with Gasteiger partial charge in [-0.1, -0.05) is 54.3 Å². The topological polar surface area (TPSA) is 71.4 Å². The van der Waals surface area contributed by atoms with Crippen LogP contribution in [0.3, 0.4) is 0 Å². The van der Waals surface area contributed by atoms with Gasteiger partial charge in [0.2, 0.25) is 0 Å². The summed E-state index contributed by atoms with van der Waals surface area (Å²) in [6.45, 7) is 0. The number of rotatable bonds is 5. The van der Waals surface area contributed by atoms with Crippen molar-refractivity contribution in [1.29, 1.82) is 0 Å². The van der Waals surface area contributed by atoms with Crippen LogP contribution in [0.5, 0.6) is 0 Å². The Morgan fingerprint density at radius 2 is 1.89 bits per heavy atom. The first kappa shape index (κ1) is 15.1. The van der Waals surface area contributed by atoms with Gasteiger partial charge < -0.3 is 5.11 Å². The number of benzene rings is 1. The van der Waals surface area contributed by atoms with Crippen LogP contribution < -0.4 is 0 Å². The zero-order chi connectivity index (χ0) is 13.6. The molecule has 1 aromatic rings. The highest BCUT2D eigenvalue weighted by Gasteiger charge is 2.19. The second-order valence-electron chi connectivity index (χ2n) is 3.49. The lowest BCUT2D eigenvalue weighted by molar-refractivity contribution is -0.136. The quantitative estimate of drug-likeness (QED) is 0.840. The molecule has 0 aliphatic rings. The lowest BCUT2D eigenvalue weighted by Gasteiger charge is -2.04. The maximum atomic E-state index is 11.6. The van der Waals surface area contributed by atoms with Crippen molar-refractivity contribution in [2.75, 3.05) is 5.75 Å². The summed E-state index contributed by atoms with van der Waals surface area (Å²) in [7, 11) is -3.61. The standard InChI is InChI=1S/C11H12O4S3/c12-10(13)6-7-18(14,15)11(16)17-8-9-4-2-1-3-5-9/h1-5H,6-8H2,(H,12,13). The van der Waals surface area contributed by atoms with Crippen LogP contribution in [0.4, 0.5) is 0 Å². The number of carboxylic acids is 1. The van der Waals surface area contributed by atoms with Gasteiger partial charge in [0.15, 0.2) is 13.4 Å². The highest BCUT2D eigenvalue weighted by molar-refractivity contribution is 8.43. The Bertz CT molecular complexity index is 522. The van der Waals surface area contributed by atoms with Gasteiger partial charge in [-0.15, -0.1) is 0 Å². The monoisotopic (exact) mass is 304 g/mol. The molecule has 0 atom stereocenters. The Kier molecular flexibility index (Phi) is 5.77. The number of sulfone groups is 1. The third-order valence-corrected chi connectivity index (χ3v) is 6.23. The number of thiocarbonyl (C=S) groups is 1. The number of thioether (sulfide) groups is 1. The van der Waals surface area contributed by atoms with E-state index in [1.54, 1.807) is 0 Å². The summed E-state index contributed by atoms with van der Waals surface area (Å²) in [4.78, 5) is 10.3. The first-order chi connectivity index (χ1) is 8.42. The molecule has 1 rings (SSSR count). The average molecular weight is 304 g/mol. The van der Waals surface area contributed by atoms with Gasteiger partial charge >= 0.3 is 5.97 Å². The Labute approximate surface area is 115 Å². The van der Waals surface area contributed by atoms with Crippen molar-refractivity contribution in [2.45, 2.75) is 12.2 Å². The van der Waals surface area contributed by atoms with E-state index in [2.05, 4.69) is 0 Å². The second-order valence-corrected chi connectivity index (χ2v) is 7.70. The summed E-state index contributed by atoms with van der Waals surface area (Å²) in [5.41, 5.74) is 0.971. The minimum absolute atomic E-state index is 0.146. The normalized spacial score (nSPS) is 11.1. The number of hydrogen-bond acceptors (Lipinski definition) is 5. The van der Waals surface area contributed by atoms with Crippen LogP contribution in [0.2, 0.25) is 0 Å². The summed E-state index contributed by atoms with van der Waals surface area (Å²) in [6, 6.07) is 9.34. The van der Waals surface area contributed by atoms with Crippen LogP contribution in [0.15, 0.2) is 30.3 Å². The van der Waals surface area contributed by atoms with Crippen LogP contribution in [0.25, 0.3) is 0 Å². The largest absolute Gasteiger partial charge is 0.481 e. The van der Waals surface area contributed by atoms with Gasteiger partial charge in [-0.2, -0.15) is 0 Å². The minimum atomic E-state index is -3.61. The van der Waals surface area contributed by atoms with Gasteiger partial charge in [-0.05, 0) is 5.56 Å². The predicted octanol–water partition coefficient (Wildman–Crippen LogP) is 2.09. The van der Waals surface area contributed by atoms with E-state index in [1.807, 2.05) is 30.3 Å². The molecule has 4 nitrogen and oxygen atoms in total. The molecule has 0 saturated carbocycles.